The van der Waals surface area contributed by atoms with Gasteiger partial charge in [-0.3, -0.25) is 9.59 Å². The molecule has 4 atom stereocenters. The monoisotopic (exact) mass is 267 g/mol. The average molecular weight is 267 g/mol. The lowest BCUT2D eigenvalue weighted by Gasteiger charge is -2.45. The van der Waals surface area contributed by atoms with E-state index in [2.05, 4.69) is 0 Å². The smallest absolute Gasteiger partial charge is 0.307 e. The lowest BCUT2D eigenvalue weighted by atomic mass is 9.77. The Morgan fingerprint density at radius 2 is 1.68 bits per heavy atom. The fraction of sp³-hybridized carbons (Fsp3) is 0.867. The van der Waals surface area contributed by atoms with Gasteiger partial charge < -0.3 is 10.0 Å². The molecule has 0 spiro atoms. The van der Waals surface area contributed by atoms with E-state index >= 15 is 0 Å². The van der Waals surface area contributed by atoms with Gasteiger partial charge in [0.2, 0.25) is 5.91 Å². The van der Waals surface area contributed by atoms with Crippen LogP contribution < -0.4 is 0 Å². The van der Waals surface area contributed by atoms with E-state index in [1.807, 2.05) is 4.90 Å². The normalized spacial score (nSPS) is 30.3. The molecule has 108 valence electrons. The summed E-state index contributed by atoms with van der Waals surface area (Å²) in [5, 5.41) is 9.06. The SMILES string of the molecule is CC(C(=O)O)C(C)C(=O)N1CCC[C@H]2CCCC[C@H]21. The second-order valence-electron chi connectivity index (χ2n) is 6.20. The molecule has 1 N–H and O–H groups in total. The van der Waals surface area contributed by atoms with E-state index in [-0.39, 0.29) is 5.91 Å². The van der Waals surface area contributed by atoms with Crippen LogP contribution in [-0.2, 0) is 9.59 Å². The van der Waals surface area contributed by atoms with Crippen LogP contribution in [0.3, 0.4) is 0 Å². The van der Waals surface area contributed by atoms with Gasteiger partial charge >= 0.3 is 5.97 Å². The summed E-state index contributed by atoms with van der Waals surface area (Å²) in [5.41, 5.74) is 0. The maximum absolute atomic E-state index is 12.6. The minimum Gasteiger partial charge on any atom is -0.481 e. The van der Waals surface area contributed by atoms with Crippen molar-refractivity contribution in [1.29, 1.82) is 0 Å². The van der Waals surface area contributed by atoms with E-state index in [0.717, 1.165) is 19.4 Å². The lowest BCUT2D eigenvalue weighted by Crippen LogP contribution is -2.52. The molecule has 1 heterocycles. The Hall–Kier alpha value is -1.06. The predicted molar refractivity (Wildman–Crippen MR) is 72.7 cm³/mol. The minimum absolute atomic E-state index is 0.0477. The summed E-state index contributed by atoms with van der Waals surface area (Å²) in [6.45, 7) is 4.21. The van der Waals surface area contributed by atoms with Crippen molar-refractivity contribution in [3.63, 3.8) is 0 Å². The van der Waals surface area contributed by atoms with E-state index in [1.54, 1.807) is 13.8 Å². The first-order valence-corrected chi connectivity index (χ1v) is 7.55. The van der Waals surface area contributed by atoms with Crippen LogP contribution >= 0.6 is 0 Å². The topological polar surface area (TPSA) is 57.6 Å². The van der Waals surface area contributed by atoms with Crippen LogP contribution in [0.2, 0.25) is 0 Å². The number of aliphatic carboxylic acids is 1. The molecule has 2 aliphatic rings. The largest absolute Gasteiger partial charge is 0.481 e. The third kappa shape index (κ3) is 2.93. The lowest BCUT2D eigenvalue weighted by molar-refractivity contribution is -0.152. The maximum atomic E-state index is 12.6. The molecule has 1 aliphatic heterocycles. The molecule has 2 fully saturated rings. The van der Waals surface area contributed by atoms with Crippen LogP contribution in [0.15, 0.2) is 0 Å². The second kappa shape index (κ2) is 5.93. The summed E-state index contributed by atoms with van der Waals surface area (Å²) in [4.78, 5) is 25.6. The standard InChI is InChI=1S/C15H25NO3/c1-10(11(2)15(18)19)14(17)16-9-5-7-12-6-3-4-8-13(12)16/h10-13H,3-9H2,1-2H3,(H,18,19)/t10?,11?,12-,13-/m1/s1. The van der Waals surface area contributed by atoms with Crippen LogP contribution in [0.4, 0.5) is 0 Å². The molecule has 1 saturated heterocycles. The van der Waals surface area contributed by atoms with Crippen molar-refractivity contribution in [2.45, 2.75) is 58.4 Å². The number of hydrogen-bond acceptors (Lipinski definition) is 2. The van der Waals surface area contributed by atoms with Gasteiger partial charge in [-0.2, -0.15) is 0 Å². The van der Waals surface area contributed by atoms with Crippen LogP contribution in [0.1, 0.15) is 52.4 Å². The molecular formula is C15H25NO3. The number of carbonyl (C=O) groups excluding carboxylic acids is 1. The predicted octanol–water partition coefficient (Wildman–Crippen LogP) is 2.52. The molecule has 1 saturated carbocycles. The molecule has 0 aromatic carbocycles. The maximum Gasteiger partial charge on any atom is 0.307 e. The first-order chi connectivity index (χ1) is 9.02. The number of fused-ring (bicyclic) bond motifs is 1. The van der Waals surface area contributed by atoms with E-state index in [1.165, 1.54) is 25.7 Å². The van der Waals surface area contributed by atoms with Gasteiger partial charge in [0.15, 0.2) is 0 Å². The number of hydrogen-bond donors (Lipinski definition) is 1. The molecule has 19 heavy (non-hydrogen) atoms. The average Bonchev–Trinajstić information content (AvgIpc) is 2.44. The van der Waals surface area contributed by atoms with Crippen LogP contribution in [0.25, 0.3) is 0 Å². The van der Waals surface area contributed by atoms with Crippen LogP contribution in [0.5, 0.6) is 0 Å². The van der Waals surface area contributed by atoms with Gasteiger partial charge in [0.05, 0.1) is 5.92 Å². The highest BCUT2D eigenvalue weighted by Crippen LogP contribution is 2.36. The first-order valence-electron chi connectivity index (χ1n) is 7.55. The molecule has 0 bridgehead atoms. The van der Waals surface area contributed by atoms with Gasteiger partial charge in [-0.1, -0.05) is 26.7 Å². The van der Waals surface area contributed by atoms with Crippen molar-refractivity contribution in [1.82, 2.24) is 4.90 Å². The zero-order valence-corrected chi connectivity index (χ0v) is 12.0. The first kappa shape index (κ1) is 14.4. The van der Waals surface area contributed by atoms with Gasteiger partial charge in [0.25, 0.3) is 0 Å². The summed E-state index contributed by atoms with van der Waals surface area (Å²) in [5.74, 6) is -1.20. The summed E-state index contributed by atoms with van der Waals surface area (Å²) in [6, 6.07) is 0.374. The minimum atomic E-state index is -0.877. The summed E-state index contributed by atoms with van der Waals surface area (Å²) >= 11 is 0. The summed E-state index contributed by atoms with van der Waals surface area (Å²) in [7, 11) is 0. The molecule has 0 aromatic heterocycles. The number of likely N-dealkylation sites (tertiary alicyclic amines) is 1. The highest BCUT2D eigenvalue weighted by Gasteiger charge is 2.38. The molecular weight excluding hydrogens is 242 g/mol. The van der Waals surface area contributed by atoms with E-state index in [4.69, 9.17) is 5.11 Å². The quantitative estimate of drug-likeness (QED) is 0.854. The number of amides is 1. The van der Waals surface area contributed by atoms with Gasteiger partial charge in [-0.05, 0) is 31.6 Å². The highest BCUT2D eigenvalue weighted by molar-refractivity contribution is 5.84. The number of carboxylic acids is 1. The third-order valence-corrected chi connectivity index (χ3v) is 5.06. The number of carbonyl (C=O) groups is 2. The molecule has 1 amide bonds. The van der Waals surface area contributed by atoms with E-state index in [0.29, 0.717) is 12.0 Å². The van der Waals surface area contributed by atoms with Crippen LogP contribution in [-0.4, -0.2) is 34.5 Å². The Labute approximate surface area is 115 Å². The second-order valence-corrected chi connectivity index (χ2v) is 6.20. The number of carboxylic acid groups (broad SMARTS) is 1. The molecule has 2 rings (SSSR count). The Morgan fingerprint density at radius 1 is 1.05 bits per heavy atom. The Balaban J connectivity index is 2.06. The van der Waals surface area contributed by atoms with Crippen molar-refractivity contribution in [3.05, 3.63) is 0 Å². The fourth-order valence-corrected chi connectivity index (χ4v) is 3.59. The number of nitrogens with zero attached hydrogens (tertiary/aromatic N) is 1. The van der Waals surface area contributed by atoms with E-state index < -0.39 is 17.8 Å². The van der Waals surface area contributed by atoms with Crippen LogP contribution in [0, 0.1) is 17.8 Å². The van der Waals surface area contributed by atoms with Crippen molar-refractivity contribution < 1.29 is 14.7 Å². The number of rotatable bonds is 3. The van der Waals surface area contributed by atoms with Gasteiger partial charge in [0.1, 0.15) is 0 Å². The molecule has 2 unspecified atom stereocenters. The van der Waals surface area contributed by atoms with E-state index in [9.17, 15) is 9.59 Å². The Kier molecular flexibility index (Phi) is 4.48. The highest BCUT2D eigenvalue weighted by atomic mass is 16.4. The van der Waals surface area contributed by atoms with Gasteiger partial charge in [0, 0.05) is 18.5 Å². The molecule has 4 nitrogen and oxygen atoms in total. The molecule has 1 aliphatic carbocycles. The molecule has 0 radical (unpaired) electrons. The van der Waals surface area contributed by atoms with Crippen molar-refractivity contribution in [2.24, 2.45) is 17.8 Å². The van der Waals surface area contributed by atoms with Gasteiger partial charge in [-0.25, -0.2) is 0 Å². The summed E-state index contributed by atoms with van der Waals surface area (Å²) < 4.78 is 0. The van der Waals surface area contributed by atoms with Crippen molar-refractivity contribution >= 4 is 11.9 Å². The van der Waals surface area contributed by atoms with Crippen molar-refractivity contribution in [2.75, 3.05) is 6.54 Å². The molecule has 0 aromatic rings. The van der Waals surface area contributed by atoms with Crippen molar-refractivity contribution in [3.8, 4) is 0 Å². The number of piperidine rings is 1. The van der Waals surface area contributed by atoms with Gasteiger partial charge in [-0.15, -0.1) is 0 Å². The zero-order valence-electron chi connectivity index (χ0n) is 12.0. The molecule has 4 heteroatoms. The fourth-order valence-electron chi connectivity index (χ4n) is 3.59. The Bertz CT molecular complexity index is 353. The Morgan fingerprint density at radius 3 is 2.37 bits per heavy atom. The third-order valence-electron chi connectivity index (χ3n) is 5.06. The zero-order chi connectivity index (χ0) is 14.0. The summed E-state index contributed by atoms with van der Waals surface area (Å²) in [6.07, 6.45) is 7.12.